The smallest absolute Gasteiger partial charge is 0.260 e. The van der Waals surface area contributed by atoms with E-state index < -0.39 is 6.10 Å². The van der Waals surface area contributed by atoms with Gasteiger partial charge >= 0.3 is 0 Å². The van der Waals surface area contributed by atoms with Crippen LogP contribution in [0.2, 0.25) is 0 Å². The lowest BCUT2D eigenvalue weighted by Crippen LogP contribution is -2.49. The number of rotatable bonds is 5. The number of phenolic OH excluding ortho intramolecular Hbond substituents is 1. The van der Waals surface area contributed by atoms with E-state index in [-0.39, 0.29) is 23.6 Å². The minimum absolute atomic E-state index is 0.00119. The predicted molar refractivity (Wildman–Crippen MR) is 109 cm³/mol. The average Bonchev–Trinajstić information content (AvgIpc) is 2.70. The Balaban J connectivity index is 1.48. The van der Waals surface area contributed by atoms with Gasteiger partial charge in [0.05, 0.1) is 5.56 Å². The number of amides is 2. The first-order valence-electron chi connectivity index (χ1n) is 9.24. The van der Waals surface area contributed by atoms with Gasteiger partial charge in [-0.3, -0.25) is 9.59 Å². The zero-order valence-electron chi connectivity index (χ0n) is 15.6. The van der Waals surface area contributed by atoms with Gasteiger partial charge in [-0.2, -0.15) is 0 Å². The molecule has 0 saturated carbocycles. The molecule has 1 aliphatic rings. The first-order chi connectivity index (χ1) is 13.4. The van der Waals surface area contributed by atoms with Gasteiger partial charge in [-0.15, -0.1) is 0 Å². The maximum absolute atomic E-state index is 12.7. The summed E-state index contributed by atoms with van der Waals surface area (Å²) in [6.07, 6.45) is 0.756. The van der Waals surface area contributed by atoms with Crippen LogP contribution >= 0.6 is 15.9 Å². The van der Waals surface area contributed by atoms with Crippen molar-refractivity contribution in [2.75, 3.05) is 13.1 Å². The standard InChI is InChI=1S/C21H23BrN2O4/c1-14(28-17-8-6-16(25)7-9-17)20(26)23-15-10-12-24(13-11-15)21(27)18-4-2-3-5-19(18)22/h2-9,14-15,25H,10-13H2,1H3,(H,23,26). The van der Waals surface area contributed by atoms with Crippen LogP contribution in [0.4, 0.5) is 0 Å². The van der Waals surface area contributed by atoms with E-state index in [9.17, 15) is 14.7 Å². The highest BCUT2D eigenvalue weighted by atomic mass is 79.9. The van der Waals surface area contributed by atoms with Gasteiger partial charge in [0.2, 0.25) is 0 Å². The van der Waals surface area contributed by atoms with Crippen molar-refractivity contribution < 1.29 is 19.4 Å². The highest BCUT2D eigenvalue weighted by Crippen LogP contribution is 2.21. The van der Waals surface area contributed by atoms with Gasteiger partial charge < -0.3 is 20.1 Å². The van der Waals surface area contributed by atoms with Gasteiger partial charge in [0.1, 0.15) is 11.5 Å². The van der Waals surface area contributed by atoms with E-state index in [1.807, 2.05) is 29.2 Å². The fraction of sp³-hybridized carbons (Fsp3) is 0.333. The molecule has 7 heteroatoms. The molecule has 2 aromatic carbocycles. The van der Waals surface area contributed by atoms with Crippen molar-refractivity contribution >= 4 is 27.7 Å². The Hall–Kier alpha value is -2.54. The molecule has 2 aromatic rings. The molecule has 0 radical (unpaired) electrons. The molecule has 2 N–H and O–H groups in total. The summed E-state index contributed by atoms with van der Waals surface area (Å²) < 4.78 is 6.40. The molecule has 1 atom stereocenters. The SMILES string of the molecule is CC(Oc1ccc(O)cc1)C(=O)NC1CCN(C(=O)c2ccccc2Br)CC1. The number of nitrogens with one attached hydrogen (secondary N) is 1. The highest BCUT2D eigenvalue weighted by Gasteiger charge is 2.27. The fourth-order valence-electron chi connectivity index (χ4n) is 3.13. The van der Waals surface area contributed by atoms with E-state index in [1.165, 1.54) is 12.1 Å². The number of carbonyl (C=O) groups excluding carboxylic acids is 2. The number of benzene rings is 2. The van der Waals surface area contributed by atoms with Crippen molar-refractivity contribution in [1.29, 1.82) is 0 Å². The van der Waals surface area contributed by atoms with Gasteiger partial charge in [-0.05, 0) is 72.1 Å². The molecule has 3 rings (SSSR count). The summed E-state index contributed by atoms with van der Waals surface area (Å²) in [6, 6.07) is 13.7. The Morgan fingerprint density at radius 2 is 1.79 bits per heavy atom. The first-order valence-corrected chi connectivity index (χ1v) is 10.0. The molecule has 0 aromatic heterocycles. The van der Waals surface area contributed by atoms with Crippen LogP contribution in [-0.2, 0) is 4.79 Å². The van der Waals surface area contributed by atoms with Gasteiger partial charge in [0.15, 0.2) is 6.10 Å². The molecular weight excluding hydrogens is 424 g/mol. The third-order valence-electron chi connectivity index (χ3n) is 4.75. The maximum atomic E-state index is 12.7. The van der Waals surface area contributed by atoms with Crippen molar-refractivity contribution in [2.45, 2.75) is 31.9 Å². The summed E-state index contributed by atoms with van der Waals surface area (Å²) in [5.41, 5.74) is 0.654. The average molecular weight is 447 g/mol. The molecule has 2 amide bonds. The number of piperidine rings is 1. The third kappa shape index (κ3) is 5.04. The normalized spacial score (nSPS) is 15.7. The van der Waals surface area contributed by atoms with E-state index in [0.29, 0.717) is 37.2 Å². The Morgan fingerprint density at radius 1 is 1.14 bits per heavy atom. The first kappa shape index (κ1) is 20.2. The molecule has 1 saturated heterocycles. The van der Waals surface area contributed by atoms with Crippen LogP contribution in [0.25, 0.3) is 0 Å². The van der Waals surface area contributed by atoms with Gasteiger partial charge in [-0.1, -0.05) is 12.1 Å². The molecular formula is C21H23BrN2O4. The van der Waals surface area contributed by atoms with Crippen LogP contribution in [0.5, 0.6) is 11.5 Å². The van der Waals surface area contributed by atoms with Crippen LogP contribution in [0.3, 0.4) is 0 Å². The number of nitrogens with zero attached hydrogens (tertiary/aromatic N) is 1. The Bertz CT molecular complexity index is 833. The number of likely N-dealkylation sites (tertiary alicyclic amines) is 1. The predicted octanol–water partition coefficient (Wildman–Crippen LogP) is 3.34. The van der Waals surface area contributed by atoms with Crippen LogP contribution in [0.1, 0.15) is 30.1 Å². The summed E-state index contributed by atoms with van der Waals surface area (Å²) in [5.74, 6) is 0.479. The van der Waals surface area contributed by atoms with Crippen molar-refractivity contribution in [3.05, 3.63) is 58.6 Å². The molecule has 1 heterocycles. The minimum atomic E-state index is -0.649. The number of ether oxygens (including phenoxy) is 1. The number of phenols is 1. The molecule has 1 fully saturated rings. The van der Waals surface area contributed by atoms with Crippen molar-refractivity contribution in [3.63, 3.8) is 0 Å². The van der Waals surface area contributed by atoms with E-state index in [1.54, 1.807) is 19.1 Å². The lowest BCUT2D eigenvalue weighted by molar-refractivity contribution is -0.128. The zero-order valence-corrected chi connectivity index (χ0v) is 17.2. The van der Waals surface area contributed by atoms with E-state index in [2.05, 4.69) is 21.2 Å². The largest absolute Gasteiger partial charge is 0.508 e. The summed E-state index contributed by atoms with van der Waals surface area (Å²) in [5, 5.41) is 12.3. The monoisotopic (exact) mass is 446 g/mol. The van der Waals surface area contributed by atoms with Crippen molar-refractivity contribution in [2.24, 2.45) is 0 Å². The second kappa shape index (κ2) is 9.10. The Morgan fingerprint density at radius 3 is 2.43 bits per heavy atom. The molecule has 0 aliphatic carbocycles. The van der Waals surface area contributed by atoms with E-state index >= 15 is 0 Å². The number of carbonyl (C=O) groups is 2. The second-order valence-electron chi connectivity index (χ2n) is 6.81. The van der Waals surface area contributed by atoms with Gasteiger partial charge in [0.25, 0.3) is 11.8 Å². The fourth-order valence-corrected chi connectivity index (χ4v) is 3.59. The van der Waals surface area contributed by atoms with E-state index in [0.717, 1.165) is 4.47 Å². The maximum Gasteiger partial charge on any atom is 0.260 e. The second-order valence-corrected chi connectivity index (χ2v) is 7.66. The van der Waals surface area contributed by atoms with E-state index in [4.69, 9.17) is 4.74 Å². The lowest BCUT2D eigenvalue weighted by Gasteiger charge is -2.33. The van der Waals surface area contributed by atoms with Gasteiger partial charge in [0, 0.05) is 23.6 Å². The molecule has 0 spiro atoms. The molecule has 148 valence electrons. The molecule has 0 bridgehead atoms. The van der Waals surface area contributed by atoms with Crippen LogP contribution in [-0.4, -0.2) is 47.1 Å². The van der Waals surface area contributed by atoms with Crippen LogP contribution in [0.15, 0.2) is 53.0 Å². The lowest BCUT2D eigenvalue weighted by atomic mass is 10.0. The molecule has 28 heavy (non-hydrogen) atoms. The highest BCUT2D eigenvalue weighted by molar-refractivity contribution is 9.10. The number of halogens is 1. The summed E-state index contributed by atoms with van der Waals surface area (Å²) in [4.78, 5) is 26.9. The number of aromatic hydroxyl groups is 1. The Labute approximate surface area is 172 Å². The minimum Gasteiger partial charge on any atom is -0.508 e. The van der Waals surface area contributed by atoms with Crippen molar-refractivity contribution in [1.82, 2.24) is 10.2 Å². The van der Waals surface area contributed by atoms with Crippen LogP contribution in [0, 0.1) is 0 Å². The van der Waals surface area contributed by atoms with Crippen molar-refractivity contribution in [3.8, 4) is 11.5 Å². The summed E-state index contributed by atoms with van der Waals surface area (Å²) >= 11 is 3.42. The number of hydrogen-bond acceptors (Lipinski definition) is 4. The molecule has 1 aliphatic heterocycles. The quantitative estimate of drug-likeness (QED) is 0.737. The summed E-state index contributed by atoms with van der Waals surface area (Å²) in [7, 11) is 0. The third-order valence-corrected chi connectivity index (χ3v) is 5.44. The molecule has 1 unspecified atom stereocenters. The molecule has 6 nitrogen and oxygen atoms in total. The zero-order chi connectivity index (χ0) is 20.1. The Kier molecular flexibility index (Phi) is 6.57. The van der Waals surface area contributed by atoms with Gasteiger partial charge in [-0.25, -0.2) is 0 Å². The topological polar surface area (TPSA) is 78.9 Å². The van der Waals surface area contributed by atoms with Crippen LogP contribution < -0.4 is 10.1 Å². The summed E-state index contributed by atoms with van der Waals surface area (Å²) in [6.45, 7) is 2.88. The number of hydrogen-bond donors (Lipinski definition) is 2.